The van der Waals surface area contributed by atoms with E-state index in [-0.39, 0.29) is 5.91 Å². The van der Waals surface area contributed by atoms with Crippen LogP contribution in [0.5, 0.6) is 0 Å². The van der Waals surface area contributed by atoms with Crippen molar-refractivity contribution in [2.45, 2.75) is 23.6 Å². The lowest BCUT2D eigenvalue weighted by molar-refractivity contribution is -0.113. The van der Waals surface area contributed by atoms with Gasteiger partial charge in [0.15, 0.2) is 5.16 Å². The molecule has 3 aromatic rings. The van der Waals surface area contributed by atoms with Crippen LogP contribution in [0.2, 0.25) is 0 Å². The van der Waals surface area contributed by atoms with Crippen LogP contribution in [0.4, 0.5) is 5.69 Å². The molecule has 0 spiro atoms. The van der Waals surface area contributed by atoms with E-state index >= 15 is 0 Å². The van der Waals surface area contributed by atoms with E-state index in [2.05, 4.69) is 46.7 Å². The maximum Gasteiger partial charge on any atom is 0.234 e. The first-order valence-electron chi connectivity index (χ1n) is 8.61. The summed E-state index contributed by atoms with van der Waals surface area (Å²) in [5, 5.41) is 12.3. The minimum Gasteiger partial charge on any atom is -0.325 e. The van der Waals surface area contributed by atoms with Gasteiger partial charge in [-0.1, -0.05) is 59.8 Å². The number of aromatic nitrogens is 3. The first kappa shape index (κ1) is 19.5. The van der Waals surface area contributed by atoms with Gasteiger partial charge in [-0.3, -0.25) is 4.79 Å². The number of para-hydroxylation sites is 1. The average Bonchev–Trinajstić information content (AvgIpc) is 3.02. The molecule has 27 heavy (non-hydrogen) atoms. The zero-order valence-corrected chi connectivity index (χ0v) is 17.0. The largest absolute Gasteiger partial charge is 0.325 e. The van der Waals surface area contributed by atoms with Crippen LogP contribution in [0.15, 0.2) is 59.8 Å². The van der Waals surface area contributed by atoms with Gasteiger partial charge in [0.05, 0.1) is 11.5 Å². The Balaban J connectivity index is 1.45. The van der Waals surface area contributed by atoms with Gasteiger partial charge in [0.25, 0.3) is 0 Å². The number of rotatable bonds is 8. The van der Waals surface area contributed by atoms with Gasteiger partial charge in [-0.05, 0) is 24.6 Å². The second kappa shape index (κ2) is 9.62. The van der Waals surface area contributed by atoms with Crippen LogP contribution in [0.1, 0.15) is 17.0 Å². The van der Waals surface area contributed by atoms with E-state index in [0.29, 0.717) is 11.5 Å². The summed E-state index contributed by atoms with van der Waals surface area (Å²) in [5.74, 6) is 2.75. The Bertz CT molecular complexity index is 879. The topological polar surface area (TPSA) is 59.8 Å². The Kier molecular flexibility index (Phi) is 6.95. The first-order chi connectivity index (χ1) is 13.1. The number of hydrogen-bond acceptors (Lipinski definition) is 5. The number of benzene rings is 2. The van der Waals surface area contributed by atoms with E-state index in [4.69, 9.17) is 0 Å². The minimum atomic E-state index is -0.0117. The van der Waals surface area contributed by atoms with Crippen molar-refractivity contribution < 1.29 is 4.79 Å². The monoisotopic (exact) mass is 398 g/mol. The highest BCUT2D eigenvalue weighted by Crippen LogP contribution is 2.22. The molecule has 0 bridgehead atoms. The number of amides is 1. The van der Waals surface area contributed by atoms with Gasteiger partial charge < -0.3 is 9.88 Å². The van der Waals surface area contributed by atoms with E-state index in [9.17, 15) is 4.79 Å². The molecular weight excluding hydrogens is 376 g/mol. The molecule has 0 fully saturated rings. The van der Waals surface area contributed by atoms with Crippen molar-refractivity contribution in [3.05, 3.63) is 71.5 Å². The highest BCUT2D eigenvalue weighted by atomic mass is 32.2. The van der Waals surface area contributed by atoms with Gasteiger partial charge in [0, 0.05) is 18.5 Å². The quantitative estimate of drug-likeness (QED) is 0.574. The second-order valence-corrected chi connectivity index (χ2v) is 8.07. The van der Waals surface area contributed by atoms with Crippen molar-refractivity contribution >= 4 is 35.1 Å². The van der Waals surface area contributed by atoms with E-state index in [1.54, 1.807) is 11.8 Å². The average molecular weight is 399 g/mol. The van der Waals surface area contributed by atoms with Crippen LogP contribution in [0.3, 0.4) is 0 Å². The van der Waals surface area contributed by atoms with Crippen molar-refractivity contribution in [1.82, 2.24) is 14.8 Å². The minimum absolute atomic E-state index is 0.0117. The molecular formula is C20H22N4OS2. The summed E-state index contributed by atoms with van der Waals surface area (Å²) in [6, 6.07) is 18.0. The number of thioether (sulfide) groups is 2. The fourth-order valence-electron chi connectivity index (χ4n) is 2.38. The van der Waals surface area contributed by atoms with Gasteiger partial charge in [-0.15, -0.1) is 22.0 Å². The molecule has 1 aromatic heterocycles. The number of aryl methyl sites for hydroxylation is 1. The summed E-state index contributed by atoms with van der Waals surface area (Å²) < 4.78 is 2.00. The third kappa shape index (κ3) is 5.87. The lowest BCUT2D eigenvalue weighted by Crippen LogP contribution is -2.14. The Morgan fingerprint density at radius 1 is 1.04 bits per heavy atom. The zero-order valence-electron chi connectivity index (χ0n) is 15.4. The van der Waals surface area contributed by atoms with Crippen molar-refractivity contribution in [2.24, 2.45) is 7.05 Å². The molecule has 0 aliphatic heterocycles. The summed E-state index contributed by atoms with van der Waals surface area (Å²) in [5.41, 5.74) is 3.34. The van der Waals surface area contributed by atoms with E-state index in [1.165, 1.54) is 22.9 Å². The van der Waals surface area contributed by atoms with Gasteiger partial charge in [-0.2, -0.15) is 0 Å². The molecule has 3 rings (SSSR count). The molecule has 1 heterocycles. The fraction of sp³-hybridized carbons (Fsp3) is 0.250. The van der Waals surface area contributed by atoms with E-state index in [0.717, 1.165) is 22.4 Å². The molecule has 1 amide bonds. The standard InChI is InChI=1S/C20H22N4OS2/c1-15-8-10-16(11-9-15)12-27-20-23-22-18(24(20)2)13-26-14-19(25)21-17-6-4-3-5-7-17/h3-11H,12-14H2,1-2H3,(H,21,25). The molecule has 0 unspecified atom stereocenters. The first-order valence-corrected chi connectivity index (χ1v) is 10.7. The number of carbonyl (C=O) groups is 1. The molecule has 5 nitrogen and oxygen atoms in total. The summed E-state index contributed by atoms with van der Waals surface area (Å²) in [6.45, 7) is 2.09. The number of nitrogens with one attached hydrogen (secondary N) is 1. The van der Waals surface area contributed by atoms with Crippen LogP contribution in [0.25, 0.3) is 0 Å². The molecule has 7 heteroatoms. The zero-order chi connectivity index (χ0) is 19.1. The van der Waals surface area contributed by atoms with Gasteiger partial charge in [-0.25, -0.2) is 0 Å². The van der Waals surface area contributed by atoms with Crippen LogP contribution < -0.4 is 5.32 Å². The van der Waals surface area contributed by atoms with Crippen LogP contribution in [-0.4, -0.2) is 26.4 Å². The Morgan fingerprint density at radius 3 is 2.52 bits per heavy atom. The molecule has 0 atom stereocenters. The summed E-state index contributed by atoms with van der Waals surface area (Å²) in [7, 11) is 1.97. The molecule has 2 aromatic carbocycles. The van der Waals surface area contributed by atoms with E-state index in [1.807, 2.05) is 41.9 Å². The molecule has 0 saturated carbocycles. The molecule has 140 valence electrons. The lowest BCUT2D eigenvalue weighted by atomic mass is 10.2. The third-order valence-electron chi connectivity index (χ3n) is 3.94. The second-order valence-electron chi connectivity index (χ2n) is 6.14. The smallest absolute Gasteiger partial charge is 0.234 e. The van der Waals surface area contributed by atoms with Crippen molar-refractivity contribution in [3.63, 3.8) is 0 Å². The van der Waals surface area contributed by atoms with Crippen LogP contribution in [0, 0.1) is 6.92 Å². The summed E-state index contributed by atoms with van der Waals surface area (Å²) >= 11 is 3.20. The lowest BCUT2D eigenvalue weighted by Gasteiger charge is -2.06. The highest BCUT2D eigenvalue weighted by Gasteiger charge is 2.11. The number of carbonyl (C=O) groups excluding carboxylic acids is 1. The maximum absolute atomic E-state index is 12.0. The summed E-state index contributed by atoms with van der Waals surface area (Å²) in [6.07, 6.45) is 0. The van der Waals surface area contributed by atoms with Crippen molar-refractivity contribution in [1.29, 1.82) is 0 Å². The normalized spacial score (nSPS) is 10.7. The van der Waals surface area contributed by atoms with E-state index < -0.39 is 0 Å². The fourth-order valence-corrected chi connectivity index (χ4v) is 4.06. The van der Waals surface area contributed by atoms with Crippen molar-refractivity contribution in [2.75, 3.05) is 11.1 Å². The molecule has 1 N–H and O–H groups in total. The number of anilines is 1. The Morgan fingerprint density at radius 2 is 1.78 bits per heavy atom. The maximum atomic E-state index is 12.0. The summed E-state index contributed by atoms with van der Waals surface area (Å²) in [4.78, 5) is 12.0. The molecule has 0 saturated heterocycles. The van der Waals surface area contributed by atoms with Crippen LogP contribution >= 0.6 is 23.5 Å². The Hall–Kier alpha value is -2.25. The SMILES string of the molecule is Cc1ccc(CSc2nnc(CSCC(=O)Nc3ccccc3)n2C)cc1. The highest BCUT2D eigenvalue weighted by molar-refractivity contribution is 7.99. The predicted molar refractivity (Wildman–Crippen MR) is 113 cm³/mol. The molecule has 0 radical (unpaired) electrons. The van der Waals surface area contributed by atoms with Crippen molar-refractivity contribution in [3.8, 4) is 0 Å². The predicted octanol–water partition coefficient (Wildman–Crippen LogP) is 4.29. The third-order valence-corrected chi connectivity index (χ3v) is 5.96. The van der Waals surface area contributed by atoms with Crippen LogP contribution in [-0.2, 0) is 23.3 Å². The van der Waals surface area contributed by atoms with Gasteiger partial charge in [0.2, 0.25) is 5.91 Å². The number of nitrogens with zero attached hydrogens (tertiary/aromatic N) is 3. The molecule has 0 aliphatic rings. The Labute approximate surface area is 168 Å². The van der Waals surface area contributed by atoms with Gasteiger partial charge >= 0.3 is 0 Å². The molecule has 0 aliphatic carbocycles. The number of hydrogen-bond donors (Lipinski definition) is 1. The van der Waals surface area contributed by atoms with Gasteiger partial charge in [0.1, 0.15) is 5.82 Å².